The molecule has 0 aliphatic heterocycles. The molecule has 2 aromatic heterocycles. The molecule has 1 N–H and O–H groups in total. The van der Waals surface area contributed by atoms with Crippen LogP contribution in [-0.2, 0) is 7.05 Å². The lowest BCUT2D eigenvalue weighted by Crippen LogP contribution is -2.40. The predicted molar refractivity (Wildman–Crippen MR) is 100 cm³/mol. The Hall–Kier alpha value is -3.63. The smallest absolute Gasteiger partial charge is 0.348 e. The Bertz CT molecular complexity index is 1150. The van der Waals surface area contributed by atoms with Gasteiger partial charge in [0.25, 0.3) is 5.56 Å². The van der Waals surface area contributed by atoms with Crippen molar-refractivity contribution < 1.29 is 13.7 Å². The van der Waals surface area contributed by atoms with Crippen molar-refractivity contribution in [3.8, 4) is 17.2 Å². The van der Waals surface area contributed by atoms with Crippen LogP contribution in [0.2, 0.25) is 0 Å². The molecule has 0 atom stereocenters. The zero-order valence-corrected chi connectivity index (χ0v) is 16.0. The van der Waals surface area contributed by atoms with Gasteiger partial charge < -0.3 is 9.84 Å². The number of aromatic nitrogens is 5. The second-order valence-corrected chi connectivity index (χ2v) is 6.75. The highest BCUT2D eigenvalue weighted by atomic mass is 19.1. The lowest BCUT2D eigenvalue weighted by atomic mass is 10.1. The third-order valence-electron chi connectivity index (χ3n) is 4.09. The molecule has 0 aliphatic rings. The van der Waals surface area contributed by atoms with Crippen LogP contribution >= 0.6 is 0 Å². The summed E-state index contributed by atoms with van der Waals surface area (Å²) in [6, 6.07) is 4.98. The Kier molecular flexibility index (Phi) is 5.66. The van der Waals surface area contributed by atoms with Gasteiger partial charge in [-0.25, -0.2) is 9.18 Å². The Labute approximate surface area is 164 Å². The van der Waals surface area contributed by atoms with Crippen molar-refractivity contribution >= 4 is 5.91 Å². The number of halogens is 1. The van der Waals surface area contributed by atoms with Gasteiger partial charge in [-0.3, -0.25) is 14.2 Å². The van der Waals surface area contributed by atoms with E-state index < -0.39 is 23.0 Å². The summed E-state index contributed by atoms with van der Waals surface area (Å²) in [4.78, 5) is 40.9. The second-order valence-electron chi connectivity index (χ2n) is 6.75. The Morgan fingerprint density at radius 1 is 1.24 bits per heavy atom. The Balaban J connectivity index is 1.96. The summed E-state index contributed by atoms with van der Waals surface area (Å²) >= 11 is 0. The molecule has 2 heterocycles. The molecule has 10 nitrogen and oxygen atoms in total. The number of amides is 1. The van der Waals surface area contributed by atoms with Crippen LogP contribution in [0.4, 0.5) is 4.39 Å². The monoisotopic (exact) mass is 402 g/mol. The predicted octanol–water partition coefficient (Wildman–Crippen LogP) is 0.896. The first-order valence-electron chi connectivity index (χ1n) is 8.86. The molecule has 0 fully saturated rings. The van der Waals surface area contributed by atoms with E-state index >= 15 is 0 Å². The van der Waals surface area contributed by atoms with E-state index in [9.17, 15) is 18.8 Å². The van der Waals surface area contributed by atoms with Gasteiger partial charge in [-0.15, -0.1) is 0 Å². The molecule has 11 heteroatoms. The molecule has 0 saturated carbocycles. The first kappa shape index (κ1) is 20.1. The topological polar surface area (TPSA) is 125 Å². The molecule has 0 aliphatic carbocycles. The van der Waals surface area contributed by atoms with Gasteiger partial charge in [0, 0.05) is 13.6 Å². The number of nitrogens with one attached hydrogen (secondary N) is 1. The fourth-order valence-electron chi connectivity index (χ4n) is 2.43. The maximum atomic E-state index is 13.2. The van der Waals surface area contributed by atoms with E-state index in [0.717, 1.165) is 27.8 Å². The minimum Gasteiger partial charge on any atom is -0.348 e. The highest BCUT2D eigenvalue weighted by Gasteiger charge is 2.21. The van der Waals surface area contributed by atoms with E-state index in [1.165, 1.54) is 19.2 Å². The lowest BCUT2D eigenvalue weighted by Gasteiger charge is -2.07. The number of carbonyl (C=O) groups is 1. The SMILES string of the molecule is CC(C)CCNC(=O)c1nc(-c2nn(-c3ccc(F)cc3)c(=O)n(C)c2=O)no1. The summed E-state index contributed by atoms with van der Waals surface area (Å²) < 4.78 is 19.8. The summed E-state index contributed by atoms with van der Waals surface area (Å²) in [6.07, 6.45) is 0.775. The lowest BCUT2D eigenvalue weighted by molar-refractivity contribution is 0.0908. The molecule has 29 heavy (non-hydrogen) atoms. The summed E-state index contributed by atoms with van der Waals surface area (Å²) in [5, 5.41) is 10.3. The van der Waals surface area contributed by atoms with E-state index in [-0.39, 0.29) is 23.1 Å². The van der Waals surface area contributed by atoms with Crippen molar-refractivity contribution in [1.29, 1.82) is 0 Å². The molecule has 0 spiro atoms. The maximum absolute atomic E-state index is 13.2. The average molecular weight is 402 g/mol. The summed E-state index contributed by atoms with van der Waals surface area (Å²) in [6.45, 7) is 4.48. The minimum atomic E-state index is -0.763. The van der Waals surface area contributed by atoms with Crippen molar-refractivity contribution in [1.82, 2.24) is 29.8 Å². The Morgan fingerprint density at radius 3 is 2.59 bits per heavy atom. The first-order chi connectivity index (χ1) is 13.8. The van der Waals surface area contributed by atoms with E-state index in [4.69, 9.17) is 4.52 Å². The molecule has 0 unspecified atom stereocenters. The van der Waals surface area contributed by atoms with Crippen LogP contribution in [0.15, 0.2) is 38.4 Å². The Morgan fingerprint density at radius 2 is 1.93 bits per heavy atom. The normalized spacial score (nSPS) is 11.1. The van der Waals surface area contributed by atoms with Crippen molar-refractivity contribution in [3.63, 3.8) is 0 Å². The van der Waals surface area contributed by atoms with E-state index in [1.807, 2.05) is 13.8 Å². The largest absolute Gasteiger partial charge is 0.351 e. The van der Waals surface area contributed by atoms with Gasteiger partial charge in [0.1, 0.15) is 5.82 Å². The van der Waals surface area contributed by atoms with Crippen molar-refractivity contribution in [2.24, 2.45) is 13.0 Å². The van der Waals surface area contributed by atoms with Crippen molar-refractivity contribution in [3.05, 3.63) is 56.8 Å². The first-order valence-corrected chi connectivity index (χ1v) is 8.86. The number of carbonyl (C=O) groups excluding carboxylic acids is 1. The van der Waals surface area contributed by atoms with E-state index in [1.54, 1.807) is 0 Å². The van der Waals surface area contributed by atoms with Crippen LogP contribution in [0.25, 0.3) is 17.2 Å². The van der Waals surface area contributed by atoms with Gasteiger partial charge in [-0.2, -0.15) is 14.8 Å². The molecule has 3 aromatic rings. The highest BCUT2D eigenvalue weighted by molar-refractivity contribution is 5.89. The van der Waals surface area contributed by atoms with Crippen LogP contribution in [0.3, 0.4) is 0 Å². The van der Waals surface area contributed by atoms with Crippen LogP contribution in [0.5, 0.6) is 0 Å². The zero-order valence-electron chi connectivity index (χ0n) is 16.0. The van der Waals surface area contributed by atoms with Gasteiger partial charge >= 0.3 is 17.5 Å². The molecule has 3 rings (SSSR count). The molecule has 0 saturated heterocycles. The summed E-state index contributed by atoms with van der Waals surface area (Å²) in [7, 11) is 1.26. The molecule has 0 radical (unpaired) electrons. The molecular formula is C18H19FN6O4. The standard InChI is InChI=1S/C18H19FN6O4/c1-10(2)8-9-20-15(26)16-21-14(23-29-16)13-17(27)24(3)18(28)25(22-13)12-6-4-11(19)5-7-12/h4-7,10H,8-9H2,1-3H3,(H,20,26). The number of hydrogen-bond acceptors (Lipinski definition) is 7. The van der Waals surface area contributed by atoms with Crippen molar-refractivity contribution in [2.75, 3.05) is 6.54 Å². The number of benzene rings is 1. The zero-order chi connectivity index (χ0) is 21.1. The number of rotatable bonds is 6. The third kappa shape index (κ3) is 4.28. The van der Waals surface area contributed by atoms with Gasteiger partial charge in [0.15, 0.2) is 5.69 Å². The van der Waals surface area contributed by atoms with Gasteiger partial charge in [-0.1, -0.05) is 19.0 Å². The fraction of sp³-hybridized carbons (Fsp3) is 0.333. The van der Waals surface area contributed by atoms with Crippen LogP contribution < -0.4 is 16.6 Å². The van der Waals surface area contributed by atoms with Crippen molar-refractivity contribution in [2.45, 2.75) is 20.3 Å². The number of nitrogens with zero attached hydrogens (tertiary/aromatic N) is 5. The summed E-state index contributed by atoms with van der Waals surface area (Å²) in [5.41, 5.74) is -1.55. The van der Waals surface area contributed by atoms with Crippen LogP contribution in [-0.4, -0.2) is 36.9 Å². The second kappa shape index (κ2) is 8.17. The average Bonchev–Trinajstić information content (AvgIpc) is 3.17. The quantitative estimate of drug-likeness (QED) is 0.649. The van der Waals surface area contributed by atoms with Gasteiger partial charge in [0.05, 0.1) is 5.69 Å². The summed E-state index contributed by atoms with van der Waals surface area (Å²) in [5.74, 6) is -1.22. The van der Waals surface area contributed by atoms with E-state index in [2.05, 4.69) is 20.6 Å². The molecular weight excluding hydrogens is 383 g/mol. The third-order valence-corrected chi connectivity index (χ3v) is 4.09. The molecule has 0 bridgehead atoms. The molecule has 1 aromatic carbocycles. The van der Waals surface area contributed by atoms with E-state index in [0.29, 0.717) is 12.5 Å². The van der Waals surface area contributed by atoms with Crippen LogP contribution in [0.1, 0.15) is 31.0 Å². The molecule has 1 amide bonds. The van der Waals surface area contributed by atoms with Crippen LogP contribution in [0, 0.1) is 11.7 Å². The van der Waals surface area contributed by atoms with Gasteiger partial charge in [0.2, 0.25) is 5.82 Å². The maximum Gasteiger partial charge on any atom is 0.351 e. The fourth-order valence-corrected chi connectivity index (χ4v) is 2.43. The highest BCUT2D eigenvalue weighted by Crippen LogP contribution is 2.10. The molecule has 152 valence electrons. The van der Waals surface area contributed by atoms with Gasteiger partial charge in [-0.05, 0) is 36.6 Å². The minimum absolute atomic E-state index is 0.239. The number of hydrogen-bond donors (Lipinski definition) is 1.